The molecule has 0 spiro atoms. The molecule has 94 valence electrons. The van der Waals surface area contributed by atoms with Crippen LogP contribution in [0.2, 0.25) is 5.02 Å². The zero-order chi connectivity index (χ0) is 13.3. The Hall–Kier alpha value is -1.52. The second-order valence-electron chi connectivity index (χ2n) is 3.71. The monoisotopic (exact) mass is 272 g/mol. The van der Waals surface area contributed by atoms with Crippen LogP contribution in [-0.4, -0.2) is 5.11 Å². The quantitative estimate of drug-likeness (QED) is 0.881. The van der Waals surface area contributed by atoms with Crippen LogP contribution in [0.1, 0.15) is 17.2 Å². The first-order valence-electron chi connectivity index (χ1n) is 5.07. The first-order valence-corrected chi connectivity index (χ1v) is 5.45. The van der Waals surface area contributed by atoms with Crippen molar-refractivity contribution in [3.8, 4) is 0 Å². The average Bonchev–Trinajstić information content (AvgIpc) is 2.35. The van der Waals surface area contributed by atoms with Crippen LogP contribution in [0.3, 0.4) is 0 Å². The van der Waals surface area contributed by atoms with Crippen LogP contribution in [0.4, 0.5) is 13.2 Å². The summed E-state index contributed by atoms with van der Waals surface area (Å²) in [7, 11) is 0. The van der Waals surface area contributed by atoms with Crippen molar-refractivity contribution in [3.05, 3.63) is 70.0 Å². The van der Waals surface area contributed by atoms with Crippen LogP contribution in [-0.2, 0) is 0 Å². The van der Waals surface area contributed by atoms with Crippen molar-refractivity contribution in [2.45, 2.75) is 6.10 Å². The molecule has 0 saturated heterocycles. The third-order valence-corrected chi connectivity index (χ3v) is 2.93. The SMILES string of the molecule is OC(c1cc(F)ccc1F)c1cccc(F)c1Cl. The predicted molar refractivity (Wildman–Crippen MR) is 61.8 cm³/mol. The third kappa shape index (κ3) is 2.35. The van der Waals surface area contributed by atoms with E-state index in [1.165, 1.54) is 12.1 Å². The average molecular weight is 273 g/mol. The smallest absolute Gasteiger partial charge is 0.142 e. The van der Waals surface area contributed by atoms with E-state index in [1.54, 1.807) is 0 Å². The van der Waals surface area contributed by atoms with E-state index in [0.717, 1.165) is 24.3 Å². The molecule has 5 heteroatoms. The minimum Gasteiger partial charge on any atom is -0.383 e. The van der Waals surface area contributed by atoms with E-state index < -0.39 is 23.6 Å². The van der Waals surface area contributed by atoms with Crippen molar-refractivity contribution in [2.75, 3.05) is 0 Å². The molecule has 2 rings (SSSR count). The van der Waals surface area contributed by atoms with Gasteiger partial charge < -0.3 is 5.11 Å². The van der Waals surface area contributed by atoms with Gasteiger partial charge in [-0.1, -0.05) is 23.7 Å². The van der Waals surface area contributed by atoms with Gasteiger partial charge in [-0.05, 0) is 24.3 Å². The van der Waals surface area contributed by atoms with Crippen LogP contribution in [0.25, 0.3) is 0 Å². The lowest BCUT2D eigenvalue weighted by atomic mass is 10.0. The number of aliphatic hydroxyl groups is 1. The number of halogens is 4. The number of aliphatic hydroxyl groups excluding tert-OH is 1. The standard InChI is InChI=1S/C13H8ClF3O/c14-12-8(2-1-3-11(12)17)13(18)9-6-7(15)4-5-10(9)16/h1-6,13,18H. The molecule has 0 heterocycles. The molecule has 1 atom stereocenters. The van der Waals surface area contributed by atoms with E-state index >= 15 is 0 Å². The molecule has 1 nitrogen and oxygen atoms in total. The van der Waals surface area contributed by atoms with Crippen molar-refractivity contribution in [3.63, 3.8) is 0 Å². The molecule has 0 radical (unpaired) electrons. The fraction of sp³-hybridized carbons (Fsp3) is 0.0769. The van der Waals surface area contributed by atoms with E-state index in [4.69, 9.17) is 11.6 Å². The minimum absolute atomic E-state index is 0.0128. The van der Waals surface area contributed by atoms with Crippen LogP contribution >= 0.6 is 11.6 Å². The summed E-state index contributed by atoms with van der Waals surface area (Å²) in [6.45, 7) is 0. The van der Waals surface area contributed by atoms with Gasteiger partial charge in [-0.25, -0.2) is 13.2 Å². The Kier molecular flexibility index (Phi) is 3.59. The van der Waals surface area contributed by atoms with Crippen molar-refractivity contribution in [1.82, 2.24) is 0 Å². The summed E-state index contributed by atoms with van der Waals surface area (Å²) in [6.07, 6.45) is -1.52. The first kappa shape index (κ1) is 12.9. The van der Waals surface area contributed by atoms with Gasteiger partial charge in [-0.2, -0.15) is 0 Å². The highest BCUT2D eigenvalue weighted by atomic mass is 35.5. The van der Waals surface area contributed by atoms with Gasteiger partial charge in [0, 0.05) is 11.1 Å². The molecule has 0 bridgehead atoms. The summed E-state index contributed by atoms with van der Waals surface area (Å²) in [5.74, 6) is -2.22. The highest BCUT2D eigenvalue weighted by Crippen LogP contribution is 2.31. The lowest BCUT2D eigenvalue weighted by Gasteiger charge is -2.14. The molecule has 18 heavy (non-hydrogen) atoms. The molecule has 0 aliphatic rings. The lowest BCUT2D eigenvalue weighted by molar-refractivity contribution is 0.214. The molecule has 0 aliphatic carbocycles. The van der Waals surface area contributed by atoms with Crippen LogP contribution in [0, 0.1) is 17.5 Å². The van der Waals surface area contributed by atoms with E-state index in [-0.39, 0.29) is 16.1 Å². The largest absolute Gasteiger partial charge is 0.383 e. The second kappa shape index (κ2) is 5.00. The molecule has 2 aromatic rings. The van der Waals surface area contributed by atoms with Crippen molar-refractivity contribution < 1.29 is 18.3 Å². The Morgan fingerprint density at radius 1 is 0.944 bits per heavy atom. The Balaban J connectivity index is 2.51. The Bertz CT molecular complexity index is 584. The molecule has 0 aliphatic heterocycles. The minimum atomic E-state index is -1.52. The molecule has 0 fully saturated rings. The fourth-order valence-corrected chi connectivity index (χ4v) is 1.85. The molecular formula is C13H8ClF3O. The van der Waals surface area contributed by atoms with Gasteiger partial charge in [0.1, 0.15) is 23.6 Å². The summed E-state index contributed by atoms with van der Waals surface area (Å²) in [5, 5.41) is 9.63. The van der Waals surface area contributed by atoms with Crippen LogP contribution in [0.5, 0.6) is 0 Å². The summed E-state index contributed by atoms with van der Waals surface area (Å²) in [4.78, 5) is 0. The summed E-state index contributed by atoms with van der Waals surface area (Å²) in [5.41, 5.74) is -0.302. The number of hydrogen-bond donors (Lipinski definition) is 1. The van der Waals surface area contributed by atoms with E-state index in [1.807, 2.05) is 0 Å². The Morgan fingerprint density at radius 2 is 1.67 bits per heavy atom. The van der Waals surface area contributed by atoms with Gasteiger partial charge >= 0.3 is 0 Å². The first-order chi connectivity index (χ1) is 8.50. The van der Waals surface area contributed by atoms with Crippen molar-refractivity contribution in [2.24, 2.45) is 0 Å². The van der Waals surface area contributed by atoms with Crippen molar-refractivity contribution in [1.29, 1.82) is 0 Å². The summed E-state index contributed by atoms with van der Waals surface area (Å²) in [6, 6.07) is 6.46. The number of rotatable bonds is 2. The second-order valence-corrected chi connectivity index (χ2v) is 4.09. The zero-order valence-corrected chi connectivity index (χ0v) is 9.76. The lowest BCUT2D eigenvalue weighted by Crippen LogP contribution is -2.04. The molecular weight excluding hydrogens is 265 g/mol. The Morgan fingerprint density at radius 3 is 2.39 bits per heavy atom. The van der Waals surface area contributed by atoms with Crippen LogP contribution < -0.4 is 0 Å². The number of benzene rings is 2. The van der Waals surface area contributed by atoms with Gasteiger partial charge in [0.15, 0.2) is 0 Å². The van der Waals surface area contributed by atoms with Gasteiger partial charge in [0.2, 0.25) is 0 Å². The maximum absolute atomic E-state index is 13.5. The summed E-state index contributed by atoms with van der Waals surface area (Å²) < 4.78 is 39.7. The van der Waals surface area contributed by atoms with Crippen LogP contribution in [0.15, 0.2) is 36.4 Å². The normalized spacial score (nSPS) is 12.5. The molecule has 0 aromatic heterocycles. The highest BCUT2D eigenvalue weighted by Gasteiger charge is 2.19. The maximum Gasteiger partial charge on any atom is 0.142 e. The fourth-order valence-electron chi connectivity index (χ4n) is 1.62. The van der Waals surface area contributed by atoms with Gasteiger partial charge in [-0.15, -0.1) is 0 Å². The molecule has 1 N–H and O–H groups in total. The molecule has 0 saturated carbocycles. The predicted octanol–water partition coefficient (Wildman–Crippen LogP) is 3.84. The van der Waals surface area contributed by atoms with Gasteiger partial charge in [0.05, 0.1) is 5.02 Å². The molecule has 0 amide bonds. The highest BCUT2D eigenvalue weighted by molar-refractivity contribution is 6.31. The number of hydrogen-bond acceptors (Lipinski definition) is 1. The Labute approximate surface area is 106 Å². The third-order valence-electron chi connectivity index (χ3n) is 2.53. The van der Waals surface area contributed by atoms with E-state index in [9.17, 15) is 18.3 Å². The van der Waals surface area contributed by atoms with Gasteiger partial charge in [0.25, 0.3) is 0 Å². The zero-order valence-electron chi connectivity index (χ0n) is 9.00. The molecule has 1 unspecified atom stereocenters. The van der Waals surface area contributed by atoms with E-state index in [0.29, 0.717) is 0 Å². The van der Waals surface area contributed by atoms with E-state index in [2.05, 4.69) is 0 Å². The topological polar surface area (TPSA) is 20.2 Å². The maximum atomic E-state index is 13.5. The molecule has 2 aromatic carbocycles. The summed E-state index contributed by atoms with van der Waals surface area (Å²) >= 11 is 5.68. The van der Waals surface area contributed by atoms with Gasteiger partial charge in [-0.3, -0.25) is 0 Å². The van der Waals surface area contributed by atoms with Crippen molar-refractivity contribution >= 4 is 11.6 Å².